The summed E-state index contributed by atoms with van der Waals surface area (Å²) in [5.74, 6) is -1.62. The first-order valence-electron chi connectivity index (χ1n) is 7.25. The summed E-state index contributed by atoms with van der Waals surface area (Å²) in [4.78, 5) is 26.7. The lowest BCUT2D eigenvalue weighted by atomic mass is 9.87. The second-order valence-corrected chi connectivity index (χ2v) is 5.90. The normalized spacial score (nSPS) is 17.6. The number of carbonyl (C=O) groups is 2. The van der Waals surface area contributed by atoms with Crippen molar-refractivity contribution in [1.82, 2.24) is 0 Å². The minimum Gasteiger partial charge on any atom is -0.463 e. The zero-order chi connectivity index (χ0) is 17.6. The van der Waals surface area contributed by atoms with E-state index in [9.17, 15) is 18.4 Å². The minimum absolute atomic E-state index is 0.0194. The van der Waals surface area contributed by atoms with Crippen LogP contribution < -0.4 is 0 Å². The largest absolute Gasteiger partial charge is 0.728 e. The fourth-order valence-corrected chi connectivity index (χ4v) is 1.94. The van der Waals surface area contributed by atoms with Crippen LogP contribution >= 0.6 is 0 Å². The summed E-state index contributed by atoms with van der Waals surface area (Å²) in [5.41, 5.74) is -0.691. The zero-order valence-corrected chi connectivity index (χ0v) is 13.6. The molecule has 0 saturated heterocycles. The summed E-state index contributed by atoms with van der Waals surface area (Å²) >= 11 is 0. The molecule has 23 heavy (non-hydrogen) atoms. The van der Waals surface area contributed by atoms with Gasteiger partial charge >= 0.3 is 18.1 Å². The SMILES string of the molecule is CCOC(=O)C1=CC(C#[N+]C(=O)OC(C)(C)C)C(=C(F)F)CC1. The minimum atomic E-state index is -1.86. The van der Waals surface area contributed by atoms with Gasteiger partial charge in [0.05, 0.1) is 11.5 Å². The van der Waals surface area contributed by atoms with E-state index in [0.29, 0.717) is 0 Å². The van der Waals surface area contributed by atoms with Gasteiger partial charge in [-0.3, -0.25) is 0 Å². The second kappa shape index (κ2) is 7.86. The van der Waals surface area contributed by atoms with Gasteiger partial charge in [-0.1, -0.05) is 0 Å². The summed E-state index contributed by atoms with van der Waals surface area (Å²) in [7, 11) is 0. The number of rotatable bonds is 2. The molecule has 1 rings (SSSR count). The smallest absolute Gasteiger partial charge is 0.463 e. The molecule has 0 bridgehead atoms. The van der Waals surface area contributed by atoms with Crippen molar-refractivity contribution in [1.29, 1.82) is 0 Å². The number of ether oxygens (including phenoxy) is 2. The third-order valence-corrected chi connectivity index (χ3v) is 2.88. The van der Waals surface area contributed by atoms with Gasteiger partial charge in [-0.25, -0.2) is 4.79 Å². The first kappa shape index (κ1) is 18.8. The fourth-order valence-electron chi connectivity index (χ4n) is 1.94. The molecule has 1 aliphatic rings. The summed E-state index contributed by atoms with van der Waals surface area (Å²) in [6.07, 6.45) is -1.36. The number of hydrogen-bond donors (Lipinski definition) is 0. The summed E-state index contributed by atoms with van der Waals surface area (Å²) in [6, 6.07) is 2.33. The molecule has 0 aliphatic heterocycles. The average Bonchev–Trinajstić information content (AvgIpc) is 2.43. The molecule has 5 nitrogen and oxygen atoms in total. The highest BCUT2D eigenvalue weighted by atomic mass is 19.3. The zero-order valence-electron chi connectivity index (χ0n) is 13.6. The molecular formula is C16H20F2NO4+. The van der Waals surface area contributed by atoms with Crippen molar-refractivity contribution in [3.05, 3.63) is 28.1 Å². The monoisotopic (exact) mass is 328 g/mol. The van der Waals surface area contributed by atoms with E-state index < -0.39 is 29.7 Å². The van der Waals surface area contributed by atoms with Gasteiger partial charge in [0, 0.05) is 11.1 Å². The quantitative estimate of drug-likeness (QED) is 0.709. The van der Waals surface area contributed by atoms with E-state index in [4.69, 9.17) is 9.47 Å². The molecule has 0 fully saturated rings. The van der Waals surface area contributed by atoms with Gasteiger partial charge in [0.1, 0.15) is 11.5 Å². The highest BCUT2D eigenvalue weighted by molar-refractivity contribution is 5.89. The first-order chi connectivity index (χ1) is 10.6. The van der Waals surface area contributed by atoms with Crippen LogP contribution in [0.5, 0.6) is 0 Å². The molecule has 0 N–H and O–H groups in total. The van der Waals surface area contributed by atoms with Crippen LogP contribution in [0.25, 0.3) is 4.85 Å². The van der Waals surface area contributed by atoms with Crippen molar-refractivity contribution >= 4 is 12.1 Å². The molecule has 1 unspecified atom stereocenters. The Bertz CT molecular complexity index is 602. The van der Waals surface area contributed by atoms with Crippen molar-refractivity contribution in [3.8, 4) is 6.07 Å². The Morgan fingerprint density at radius 3 is 2.52 bits per heavy atom. The number of nitrogens with zero attached hydrogens (tertiary/aromatic N) is 1. The highest BCUT2D eigenvalue weighted by Crippen LogP contribution is 2.32. The first-order valence-corrected chi connectivity index (χ1v) is 7.25. The molecule has 1 aliphatic carbocycles. The molecule has 0 aromatic heterocycles. The Kier molecular flexibility index (Phi) is 6.43. The molecular weight excluding hydrogens is 308 g/mol. The Morgan fingerprint density at radius 1 is 1.35 bits per heavy atom. The van der Waals surface area contributed by atoms with Gasteiger partial charge < -0.3 is 9.47 Å². The van der Waals surface area contributed by atoms with Crippen LogP contribution in [0.2, 0.25) is 0 Å². The van der Waals surface area contributed by atoms with Gasteiger partial charge in [0.2, 0.25) is 0 Å². The van der Waals surface area contributed by atoms with Crippen LogP contribution in [0.3, 0.4) is 0 Å². The van der Waals surface area contributed by atoms with Crippen LogP contribution in [0.4, 0.5) is 13.6 Å². The van der Waals surface area contributed by atoms with Crippen molar-refractivity contribution in [2.45, 2.75) is 46.1 Å². The van der Waals surface area contributed by atoms with Crippen LogP contribution in [-0.2, 0) is 14.3 Å². The number of amides is 1. The van der Waals surface area contributed by atoms with Gasteiger partial charge in [0.25, 0.3) is 6.08 Å². The van der Waals surface area contributed by atoms with E-state index in [0.717, 1.165) is 0 Å². The van der Waals surface area contributed by atoms with E-state index in [1.807, 2.05) is 0 Å². The predicted octanol–water partition coefficient (Wildman–Crippen LogP) is 4.30. The Hall–Kier alpha value is -2.23. The lowest BCUT2D eigenvalue weighted by Crippen LogP contribution is -2.21. The second-order valence-electron chi connectivity index (χ2n) is 5.90. The Morgan fingerprint density at radius 2 is 2.00 bits per heavy atom. The van der Waals surface area contributed by atoms with E-state index in [-0.39, 0.29) is 30.6 Å². The van der Waals surface area contributed by atoms with Gasteiger partial charge in [-0.15, -0.1) is 0 Å². The summed E-state index contributed by atoms with van der Waals surface area (Å²) in [5, 5.41) is 0. The fraction of sp³-hybridized carbons (Fsp3) is 0.562. The number of allylic oxidation sites excluding steroid dienone is 2. The lowest BCUT2D eigenvalue weighted by Gasteiger charge is -2.16. The van der Waals surface area contributed by atoms with Crippen molar-refractivity contribution in [2.75, 3.05) is 6.61 Å². The summed E-state index contributed by atoms with van der Waals surface area (Å²) in [6.45, 7) is 6.82. The number of hydrogen-bond acceptors (Lipinski definition) is 4. The third kappa shape index (κ3) is 6.19. The van der Waals surface area contributed by atoms with E-state index in [1.165, 1.54) is 6.08 Å². The molecule has 0 aromatic carbocycles. The average molecular weight is 328 g/mol. The topological polar surface area (TPSA) is 57.0 Å². The molecule has 0 radical (unpaired) electrons. The Balaban J connectivity index is 3.02. The van der Waals surface area contributed by atoms with Gasteiger partial charge in [-0.2, -0.15) is 13.6 Å². The number of carbonyl (C=O) groups excluding carboxylic acids is 2. The third-order valence-electron chi connectivity index (χ3n) is 2.88. The van der Waals surface area contributed by atoms with Crippen molar-refractivity contribution < 1.29 is 27.8 Å². The maximum Gasteiger partial charge on any atom is 0.728 e. The molecule has 0 spiro atoms. The van der Waals surface area contributed by atoms with Crippen LogP contribution in [0.15, 0.2) is 23.3 Å². The van der Waals surface area contributed by atoms with E-state index >= 15 is 0 Å². The van der Waals surface area contributed by atoms with E-state index in [1.54, 1.807) is 27.7 Å². The van der Waals surface area contributed by atoms with Gasteiger partial charge in [0.15, 0.2) is 0 Å². The summed E-state index contributed by atoms with van der Waals surface area (Å²) < 4.78 is 35.8. The maximum absolute atomic E-state index is 13.0. The molecule has 0 saturated carbocycles. The molecule has 1 amide bonds. The number of halogens is 2. The molecule has 126 valence electrons. The van der Waals surface area contributed by atoms with E-state index in [2.05, 4.69) is 10.9 Å². The number of esters is 1. The molecule has 1 atom stereocenters. The van der Waals surface area contributed by atoms with Crippen molar-refractivity contribution in [2.24, 2.45) is 5.92 Å². The van der Waals surface area contributed by atoms with Crippen molar-refractivity contribution in [3.63, 3.8) is 0 Å². The van der Waals surface area contributed by atoms with Gasteiger partial charge in [-0.05, 0) is 46.6 Å². The molecule has 0 heterocycles. The standard InChI is InChI=1S/C16H20F2NO4/c1-5-22-14(20)10-6-7-12(13(17)18)11(8-10)9-19-15(21)23-16(2,3)4/h8,11H,5-7H2,1-4H3/q+1. The maximum atomic E-state index is 13.0. The lowest BCUT2D eigenvalue weighted by molar-refractivity contribution is -0.138. The molecule has 0 aromatic rings. The van der Waals surface area contributed by atoms with Crippen LogP contribution in [0.1, 0.15) is 40.5 Å². The van der Waals surface area contributed by atoms with Crippen LogP contribution in [-0.4, -0.2) is 24.3 Å². The molecule has 7 heteroatoms. The highest BCUT2D eigenvalue weighted by Gasteiger charge is 2.30. The predicted molar refractivity (Wildman–Crippen MR) is 80.2 cm³/mol. The Labute approximate surface area is 133 Å². The van der Waals surface area contributed by atoms with Crippen LogP contribution in [0, 0.1) is 12.0 Å².